The molecule has 0 aliphatic carbocycles. The summed E-state index contributed by atoms with van der Waals surface area (Å²) >= 11 is 0. The molecular formula is C23H32N4O. The molecule has 1 aromatic heterocycles. The summed E-state index contributed by atoms with van der Waals surface area (Å²) in [7, 11) is 0. The summed E-state index contributed by atoms with van der Waals surface area (Å²) in [5.41, 5.74) is 3.19. The summed E-state index contributed by atoms with van der Waals surface area (Å²) in [5, 5.41) is 4.38. The third-order valence-electron chi connectivity index (χ3n) is 6.47. The van der Waals surface area contributed by atoms with Crippen molar-refractivity contribution in [3.8, 4) is 0 Å². The predicted octanol–water partition coefficient (Wildman–Crippen LogP) is 3.38. The second-order valence-corrected chi connectivity index (χ2v) is 8.36. The quantitative estimate of drug-likeness (QED) is 0.771. The number of aromatic nitrogens is 2. The molecule has 2 aromatic rings. The van der Waals surface area contributed by atoms with Gasteiger partial charge in [-0.1, -0.05) is 30.3 Å². The Balaban J connectivity index is 1.39. The van der Waals surface area contributed by atoms with Crippen molar-refractivity contribution >= 4 is 5.91 Å². The van der Waals surface area contributed by atoms with Crippen molar-refractivity contribution in [3.05, 3.63) is 53.3 Å². The highest BCUT2D eigenvalue weighted by molar-refractivity contribution is 5.95. The van der Waals surface area contributed by atoms with Crippen LogP contribution in [0.25, 0.3) is 0 Å². The van der Waals surface area contributed by atoms with E-state index in [2.05, 4.69) is 52.2 Å². The van der Waals surface area contributed by atoms with Crippen molar-refractivity contribution in [2.24, 2.45) is 5.92 Å². The van der Waals surface area contributed by atoms with E-state index in [0.717, 1.165) is 56.8 Å². The molecule has 28 heavy (non-hydrogen) atoms. The molecular weight excluding hydrogens is 348 g/mol. The van der Waals surface area contributed by atoms with Crippen LogP contribution in [0, 0.1) is 12.8 Å². The Kier molecular flexibility index (Phi) is 5.81. The van der Waals surface area contributed by atoms with E-state index in [4.69, 9.17) is 0 Å². The molecule has 0 spiro atoms. The first kappa shape index (κ1) is 19.2. The molecule has 1 aromatic carbocycles. The van der Waals surface area contributed by atoms with Crippen LogP contribution < -0.4 is 0 Å². The largest absolute Gasteiger partial charge is 0.334 e. The van der Waals surface area contributed by atoms with E-state index in [9.17, 15) is 4.79 Å². The molecule has 2 atom stereocenters. The van der Waals surface area contributed by atoms with Crippen LogP contribution in [0.4, 0.5) is 0 Å². The van der Waals surface area contributed by atoms with Gasteiger partial charge < -0.3 is 9.80 Å². The van der Waals surface area contributed by atoms with Crippen molar-refractivity contribution in [2.45, 2.75) is 52.1 Å². The lowest BCUT2D eigenvalue weighted by atomic mass is 9.94. The van der Waals surface area contributed by atoms with Gasteiger partial charge in [0.25, 0.3) is 5.91 Å². The van der Waals surface area contributed by atoms with Crippen molar-refractivity contribution < 1.29 is 4.79 Å². The van der Waals surface area contributed by atoms with Crippen LogP contribution in [0.15, 0.2) is 36.5 Å². The Labute approximate surface area is 168 Å². The fraction of sp³-hybridized carbons (Fsp3) is 0.565. The maximum Gasteiger partial charge on any atom is 0.257 e. The van der Waals surface area contributed by atoms with E-state index in [1.54, 1.807) is 6.20 Å². The van der Waals surface area contributed by atoms with Crippen LogP contribution >= 0.6 is 0 Å². The molecule has 5 rings (SSSR count). The molecule has 4 heterocycles. The fourth-order valence-corrected chi connectivity index (χ4v) is 4.89. The van der Waals surface area contributed by atoms with Crippen molar-refractivity contribution in [3.63, 3.8) is 0 Å². The van der Waals surface area contributed by atoms with Gasteiger partial charge in [0, 0.05) is 37.9 Å². The first-order valence-electron chi connectivity index (χ1n) is 10.8. The van der Waals surface area contributed by atoms with Crippen molar-refractivity contribution in [1.82, 2.24) is 19.6 Å². The second kappa shape index (κ2) is 8.48. The number of rotatable bonds is 6. The smallest absolute Gasteiger partial charge is 0.257 e. The highest BCUT2D eigenvalue weighted by atomic mass is 16.2. The first-order chi connectivity index (χ1) is 13.7. The summed E-state index contributed by atoms with van der Waals surface area (Å²) in [6, 6.07) is 11.1. The number of carbonyl (C=O) groups is 1. The molecule has 2 bridgehead atoms. The van der Waals surface area contributed by atoms with Gasteiger partial charge in [-0.05, 0) is 57.6 Å². The molecule has 3 aliphatic heterocycles. The third kappa shape index (κ3) is 4.00. The lowest BCUT2D eigenvalue weighted by Crippen LogP contribution is -2.47. The molecule has 5 heteroatoms. The monoisotopic (exact) mass is 380 g/mol. The lowest BCUT2D eigenvalue weighted by molar-refractivity contribution is 0.0584. The number of hydrogen-bond acceptors (Lipinski definition) is 3. The van der Waals surface area contributed by atoms with Crippen LogP contribution in [0.3, 0.4) is 0 Å². The number of aryl methyl sites for hydroxylation is 2. The van der Waals surface area contributed by atoms with Crippen molar-refractivity contribution in [2.75, 3.05) is 26.2 Å². The van der Waals surface area contributed by atoms with Gasteiger partial charge in [-0.25, -0.2) is 0 Å². The summed E-state index contributed by atoms with van der Waals surface area (Å²) in [6.45, 7) is 9.04. The van der Waals surface area contributed by atoms with Crippen LogP contribution in [0.2, 0.25) is 0 Å². The van der Waals surface area contributed by atoms with E-state index in [1.807, 2.05) is 11.6 Å². The van der Waals surface area contributed by atoms with Gasteiger partial charge in [-0.15, -0.1) is 0 Å². The number of benzene rings is 1. The van der Waals surface area contributed by atoms with Gasteiger partial charge in [-0.2, -0.15) is 5.10 Å². The zero-order chi connectivity index (χ0) is 19.5. The van der Waals surface area contributed by atoms with E-state index >= 15 is 0 Å². The number of amides is 1. The number of fused-ring (bicyclic) bond motifs is 4. The van der Waals surface area contributed by atoms with E-state index < -0.39 is 0 Å². The van der Waals surface area contributed by atoms with Gasteiger partial charge in [-0.3, -0.25) is 9.48 Å². The summed E-state index contributed by atoms with van der Waals surface area (Å²) in [5.74, 6) is 0.777. The van der Waals surface area contributed by atoms with Crippen molar-refractivity contribution in [1.29, 1.82) is 0 Å². The average Bonchev–Trinajstić information content (AvgIpc) is 2.88. The molecule has 2 unspecified atom stereocenters. The standard InChI is InChI=1S/C23H32N4O/c1-3-27-18(2)22(14-24-27)23(28)26-16-20-11-12-21(26)17-25(15-20)13-7-10-19-8-5-4-6-9-19/h4-6,8-9,14,20-21H,3,7,10-13,15-17H2,1-2H3. The second-order valence-electron chi connectivity index (χ2n) is 8.36. The molecule has 0 N–H and O–H groups in total. The SMILES string of the molecule is CCn1ncc(C(=O)N2CC3CCC2CN(CCCc2ccccc2)C3)c1C. The highest BCUT2D eigenvalue weighted by Crippen LogP contribution is 2.30. The molecule has 3 fully saturated rings. The zero-order valence-electron chi connectivity index (χ0n) is 17.2. The summed E-state index contributed by atoms with van der Waals surface area (Å²) in [6.07, 6.45) is 6.45. The van der Waals surface area contributed by atoms with Crippen LogP contribution in [-0.2, 0) is 13.0 Å². The molecule has 1 amide bonds. The first-order valence-corrected chi connectivity index (χ1v) is 10.8. The van der Waals surface area contributed by atoms with Gasteiger partial charge in [0.05, 0.1) is 11.8 Å². The molecule has 3 aliphatic rings. The minimum absolute atomic E-state index is 0.179. The molecule has 150 valence electrons. The Bertz CT molecular complexity index is 800. The van der Waals surface area contributed by atoms with E-state index in [0.29, 0.717) is 12.0 Å². The number of hydrogen-bond donors (Lipinski definition) is 0. The zero-order valence-corrected chi connectivity index (χ0v) is 17.2. The summed E-state index contributed by atoms with van der Waals surface area (Å²) in [4.78, 5) is 18.0. The Morgan fingerprint density at radius 3 is 2.71 bits per heavy atom. The maximum atomic E-state index is 13.3. The maximum absolute atomic E-state index is 13.3. The molecule has 5 nitrogen and oxygen atoms in total. The van der Waals surface area contributed by atoms with Crippen LogP contribution in [0.5, 0.6) is 0 Å². The van der Waals surface area contributed by atoms with Crippen LogP contribution in [0.1, 0.15) is 47.8 Å². The number of nitrogens with zero attached hydrogens (tertiary/aromatic N) is 4. The van der Waals surface area contributed by atoms with E-state index in [1.165, 1.54) is 18.4 Å². The molecule has 0 saturated carbocycles. The Hall–Kier alpha value is -2.14. The highest BCUT2D eigenvalue weighted by Gasteiger charge is 2.38. The Morgan fingerprint density at radius 2 is 1.96 bits per heavy atom. The third-order valence-corrected chi connectivity index (χ3v) is 6.47. The predicted molar refractivity (Wildman–Crippen MR) is 111 cm³/mol. The number of carbonyl (C=O) groups excluding carboxylic acids is 1. The Morgan fingerprint density at radius 1 is 1.14 bits per heavy atom. The van der Waals surface area contributed by atoms with E-state index in [-0.39, 0.29) is 5.91 Å². The van der Waals surface area contributed by atoms with Gasteiger partial charge in [0.15, 0.2) is 0 Å². The number of piperidine rings is 1. The normalized spacial score (nSPS) is 22.4. The van der Waals surface area contributed by atoms with Gasteiger partial charge in [0.2, 0.25) is 0 Å². The lowest BCUT2D eigenvalue weighted by Gasteiger charge is -2.36. The average molecular weight is 381 g/mol. The molecule has 3 saturated heterocycles. The van der Waals surface area contributed by atoms with Crippen LogP contribution in [-0.4, -0.2) is 57.7 Å². The fourth-order valence-electron chi connectivity index (χ4n) is 4.89. The van der Waals surface area contributed by atoms with Gasteiger partial charge >= 0.3 is 0 Å². The van der Waals surface area contributed by atoms with Gasteiger partial charge in [0.1, 0.15) is 0 Å². The topological polar surface area (TPSA) is 41.4 Å². The summed E-state index contributed by atoms with van der Waals surface area (Å²) < 4.78 is 1.92. The minimum atomic E-state index is 0.179. The minimum Gasteiger partial charge on any atom is -0.334 e. The molecule has 0 radical (unpaired) electrons.